The molecule has 0 aliphatic carbocycles. The minimum Gasteiger partial charge on any atom is -0.116 e. The standard InChI is InChI=1S/C5H7IS/c1-4-2-3-5(6)7-4/h3-4H,2H2,1H3. The van der Waals surface area contributed by atoms with Crippen molar-refractivity contribution >= 4 is 34.4 Å². The first-order valence-corrected chi connectivity index (χ1v) is 4.27. The van der Waals surface area contributed by atoms with Gasteiger partial charge in [-0.05, 0) is 29.0 Å². The number of allylic oxidation sites excluding steroid dienone is 1. The quantitative estimate of drug-likeness (QED) is 0.572. The van der Waals surface area contributed by atoms with Crippen LogP contribution in [0.25, 0.3) is 0 Å². The van der Waals surface area contributed by atoms with E-state index in [0.29, 0.717) is 0 Å². The van der Waals surface area contributed by atoms with Gasteiger partial charge in [-0.15, -0.1) is 11.8 Å². The molecule has 0 fully saturated rings. The molecule has 1 atom stereocenters. The lowest BCUT2D eigenvalue weighted by Gasteiger charge is -1.94. The van der Waals surface area contributed by atoms with Crippen LogP contribution in [0, 0.1) is 0 Å². The van der Waals surface area contributed by atoms with Crippen molar-refractivity contribution in [1.29, 1.82) is 0 Å². The summed E-state index contributed by atoms with van der Waals surface area (Å²) in [4.78, 5) is 0. The number of rotatable bonds is 0. The Morgan fingerprint density at radius 2 is 2.71 bits per heavy atom. The van der Waals surface area contributed by atoms with E-state index in [1.54, 1.807) is 0 Å². The van der Waals surface area contributed by atoms with Crippen molar-refractivity contribution in [3.05, 3.63) is 8.99 Å². The van der Waals surface area contributed by atoms with E-state index in [2.05, 4.69) is 35.6 Å². The summed E-state index contributed by atoms with van der Waals surface area (Å²) < 4.78 is 1.46. The molecule has 0 N–H and O–H groups in total. The molecule has 0 aromatic heterocycles. The Hall–Kier alpha value is 0.820. The van der Waals surface area contributed by atoms with Crippen LogP contribution in [0.5, 0.6) is 0 Å². The van der Waals surface area contributed by atoms with Crippen LogP contribution in [-0.4, -0.2) is 5.25 Å². The van der Waals surface area contributed by atoms with Crippen molar-refractivity contribution in [2.24, 2.45) is 0 Å². The molecule has 1 rings (SSSR count). The highest BCUT2D eigenvalue weighted by Gasteiger charge is 2.08. The highest BCUT2D eigenvalue weighted by molar-refractivity contribution is 14.1. The fourth-order valence-electron chi connectivity index (χ4n) is 0.547. The SMILES string of the molecule is CC1CC=C(I)S1. The number of halogens is 1. The summed E-state index contributed by atoms with van der Waals surface area (Å²) in [6.07, 6.45) is 3.55. The first-order chi connectivity index (χ1) is 3.29. The third kappa shape index (κ3) is 1.64. The summed E-state index contributed by atoms with van der Waals surface area (Å²) in [5.74, 6) is 0. The minimum atomic E-state index is 0.840. The maximum absolute atomic E-state index is 2.37. The molecular formula is C5H7IS. The molecule has 0 spiro atoms. The zero-order valence-corrected chi connectivity index (χ0v) is 7.12. The summed E-state index contributed by atoms with van der Waals surface area (Å²) in [7, 11) is 0. The molecular weight excluding hydrogens is 219 g/mol. The maximum Gasteiger partial charge on any atom is 0.0420 e. The smallest absolute Gasteiger partial charge is 0.0420 e. The topological polar surface area (TPSA) is 0 Å². The molecule has 40 valence electrons. The molecule has 1 aliphatic heterocycles. The van der Waals surface area contributed by atoms with E-state index < -0.39 is 0 Å². The van der Waals surface area contributed by atoms with E-state index in [0.717, 1.165) is 5.25 Å². The molecule has 2 heteroatoms. The predicted octanol–water partition coefficient (Wildman–Crippen LogP) is 2.79. The molecule has 0 aromatic carbocycles. The second kappa shape index (κ2) is 2.40. The molecule has 0 radical (unpaired) electrons. The van der Waals surface area contributed by atoms with E-state index in [1.165, 1.54) is 9.33 Å². The number of hydrogen-bond acceptors (Lipinski definition) is 1. The second-order valence-corrected chi connectivity index (χ2v) is 5.05. The van der Waals surface area contributed by atoms with Gasteiger partial charge < -0.3 is 0 Å². The van der Waals surface area contributed by atoms with Crippen molar-refractivity contribution < 1.29 is 0 Å². The first kappa shape index (κ1) is 5.95. The van der Waals surface area contributed by atoms with E-state index in [-0.39, 0.29) is 0 Å². The van der Waals surface area contributed by atoms with Gasteiger partial charge in [0.05, 0.1) is 0 Å². The monoisotopic (exact) mass is 226 g/mol. The molecule has 7 heavy (non-hydrogen) atoms. The van der Waals surface area contributed by atoms with Crippen molar-refractivity contribution in [2.45, 2.75) is 18.6 Å². The van der Waals surface area contributed by atoms with Crippen LogP contribution in [0.1, 0.15) is 13.3 Å². The van der Waals surface area contributed by atoms with Crippen molar-refractivity contribution in [3.63, 3.8) is 0 Å². The molecule has 0 saturated carbocycles. The van der Waals surface area contributed by atoms with Crippen molar-refractivity contribution in [1.82, 2.24) is 0 Å². The van der Waals surface area contributed by atoms with E-state index in [4.69, 9.17) is 0 Å². The molecule has 1 unspecified atom stereocenters. The van der Waals surface area contributed by atoms with Gasteiger partial charge in [0.2, 0.25) is 0 Å². The van der Waals surface area contributed by atoms with Gasteiger partial charge in [-0.25, -0.2) is 0 Å². The number of thioether (sulfide) groups is 1. The molecule has 1 heterocycles. The van der Waals surface area contributed by atoms with Crippen LogP contribution in [0.2, 0.25) is 0 Å². The maximum atomic E-state index is 2.37. The molecule has 0 amide bonds. The lowest BCUT2D eigenvalue weighted by Crippen LogP contribution is -1.83. The average Bonchev–Trinajstić information content (AvgIpc) is 1.87. The van der Waals surface area contributed by atoms with E-state index >= 15 is 0 Å². The number of hydrogen-bond donors (Lipinski definition) is 0. The van der Waals surface area contributed by atoms with Gasteiger partial charge in [0, 0.05) is 8.16 Å². The summed E-state index contributed by atoms with van der Waals surface area (Å²) in [6.45, 7) is 2.26. The zero-order chi connectivity index (χ0) is 5.28. The lowest BCUT2D eigenvalue weighted by atomic mass is 10.3. The lowest BCUT2D eigenvalue weighted by molar-refractivity contribution is 1.00. The van der Waals surface area contributed by atoms with Crippen LogP contribution in [0.15, 0.2) is 8.99 Å². The molecule has 1 aliphatic rings. The van der Waals surface area contributed by atoms with Crippen LogP contribution >= 0.6 is 34.4 Å². The van der Waals surface area contributed by atoms with Crippen molar-refractivity contribution in [2.75, 3.05) is 0 Å². The Kier molecular flexibility index (Phi) is 2.04. The highest BCUT2D eigenvalue weighted by atomic mass is 127. The molecule has 0 bridgehead atoms. The predicted molar refractivity (Wildman–Crippen MR) is 43.8 cm³/mol. The largest absolute Gasteiger partial charge is 0.116 e. The molecule has 0 nitrogen and oxygen atoms in total. The van der Waals surface area contributed by atoms with Crippen LogP contribution in [-0.2, 0) is 0 Å². The average molecular weight is 226 g/mol. The minimum absolute atomic E-state index is 0.840. The molecule has 0 saturated heterocycles. The summed E-state index contributed by atoms with van der Waals surface area (Å²) in [5, 5.41) is 0.840. The molecule has 0 aromatic rings. The highest BCUT2D eigenvalue weighted by Crippen LogP contribution is 2.35. The van der Waals surface area contributed by atoms with Gasteiger partial charge >= 0.3 is 0 Å². The van der Waals surface area contributed by atoms with E-state index in [9.17, 15) is 0 Å². The Balaban J connectivity index is 2.42. The Labute approximate surface area is 61.9 Å². The van der Waals surface area contributed by atoms with Crippen LogP contribution in [0.3, 0.4) is 0 Å². The fraction of sp³-hybridized carbons (Fsp3) is 0.600. The second-order valence-electron chi connectivity index (χ2n) is 1.67. The first-order valence-electron chi connectivity index (χ1n) is 2.31. The van der Waals surface area contributed by atoms with E-state index in [1.807, 2.05) is 11.8 Å². The normalized spacial score (nSPS) is 30.6. The van der Waals surface area contributed by atoms with Crippen LogP contribution in [0.4, 0.5) is 0 Å². The van der Waals surface area contributed by atoms with Crippen LogP contribution < -0.4 is 0 Å². The van der Waals surface area contributed by atoms with Gasteiger partial charge in [-0.2, -0.15) is 0 Å². The van der Waals surface area contributed by atoms with Gasteiger partial charge in [-0.1, -0.05) is 13.0 Å². The van der Waals surface area contributed by atoms with Crippen molar-refractivity contribution in [3.8, 4) is 0 Å². The summed E-state index contributed by atoms with van der Waals surface area (Å²) in [5.41, 5.74) is 0. The van der Waals surface area contributed by atoms with Gasteiger partial charge in [0.15, 0.2) is 0 Å². The third-order valence-corrected chi connectivity index (χ3v) is 3.11. The van der Waals surface area contributed by atoms with Gasteiger partial charge in [-0.3, -0.25) is 0 Å². The zero-order valence-electron chi connectivity index (χ0n) is 4.15. The van der Waals surface area contributed by atoms with Gasteiger partial charge in [0.25, 0.3) is 0 Å². The summed E-state index contributed by atoms with van der Waals surface area (Å²) >= 11 is 4.34. The Bertz CT molecular complexity index is 98.3. The Morgan fingerprint density at radius 3 is 2.86 bits per heavy atom. The van der Waals surface area contributed by atoms with Gasteiger partial charge in [0.1, 0.15) is 0 Å². The fourth-order valence-corrected chi connectivity index (χ4v) is 2.87. The summed E-state index contributed by atoms with van der Waals surface area (Å²) in [6, 6.07) is 0. The third-order valence-electron chi connectivity index (χ3n) is 0.924. The Morgan fingerprint density at radius 1 is 2.00 bits per heavy atom.